The van der Waals surface area contributed by atoms with Crippen LogP contribution in [0.5, 0.6) is 0 Å². The molecule has 0 spiro atoms. The van der Waals surface area contributed by atoms with Crippen molar-refractivity contribution in [1.82, 2.24) is 0 Å². The SMILES string of the molecule is CCCCCC(C)(O)C=C[C@@H]1CCC(=O)[C@H]1C/C=C\CCCC(=O)O. The Hall–Kier alpha value is -1.42. The number of carboxylic acid groups (broad SMARTS) is 1. The Labute approximate surface area is 152 Å². The van der Waals surface area contributed by atoms with Crippen LogP contribution in [0.1, 0.15) is 78.1 Å². The van der Waals surface area contributed by atoms with Crippen molar-refractivity contribution in [3.63, 3.8) is 0 Å². The van der Waals surface area contributed by atoms with Crippen LogP contribution in [0.2, 0.25) is 0 Å². The summed E-state index contributed by atoms with van der Waals surface area (Å²) >= 11 is 0. The second-order valence-electron chi connectivity index (χ2n) is 7.44. The molecule has 0 aromatic heterocycles. The van der Waals surface area contributed by atoms with E-state index in [0.29, 0.717) is 25.0 Å². The summed E-state index contributed by atoms with van der Waals surface area (Å²) in [6.07, 6.45) is 15.7. The number of hydrogen-bond donors (Lipinski definition) is 2. The van der Waals surface area contributed by atoms with Gasteiger partial charge in [-0.15, -0.1) is 0 Å². The van der Waals surface area contributed by atoms with Crippen molar-refractivity contribution in [3.05, 3.63) is 24.3 Å². The number of hydrogen-bond acceptors (Lipinski definition) is 3. The number of Topliss-reactive ketones (excluding diaryl/α,β-unsaturated/α-hetero) is 1. The molecule has 0 radical (unpaired) electrons. The molecule has 1 aliphatic rings. The minimum Gasteiger partial charge on any atom is -0.481 e. The van der Waals surface area contributed by atoms with Gasteiger partial charge in [0.1, 0.15) is 5.78 Å². The highest BCUT2D eigenvalue weighted by Crippen LogP contribution is 2.33. The van der Waals surface area contributed by atoms with Crippen LogP contribution < -0.4 is 0 Å². The zero-order valence-electron chi connectivity index (χ0n) is 15.7. The van der Waals surface area contributed by atoms with Crippen molar-refractivity contribution in [2.75, 3.05) is 0 Å². The third-order valence-corrected chi connectivity index (χ3v) is 4.96. The van der Waals surface area contributed by atoms with E-state index in [-0.39, 0.29) is 18.3 Å². The molecule has 1 saturated carbocycles. The van der Waals surface area contributed by atoms with Crippen molar-refractivity contribution in [2.24, 2.45) is 11.8 Å². The highest BCUT2D eigenvalue weighted by Gasteiger charge is 2.32. The Morgan fingerprint density at radius 2 is 2.04 bits per heavy atom. The van der Waals surface area contributed by atoms with Crippen molar-refractivity contribution in [2.45, 2.75) is 83.7 Å². The van der Waals surface area contributed by atoms with E-state index < -0.39 is 11.6 Å². The fourth-order valence-electron chi connectivity index (χ4n) is 3.35. The summed E-state index contributed by atoms with van der Waals surface area (Å²) in [5.41, 5.74) is -0.794. The van der Waals surface area contributed by atoms with Gasteiger partial charge in [0, 0.05) is 18.8 Å². The van der Waals surface area contributed by atoms with Crippen LogP contribution in [-0.4, -0.2) is 27.6 Å². The van der Waals surface area contributed by atoms with Gasteiger partial charge in [0.2, 0.25) is 0 Å². The smallest absolute Gasteiger partial charge is 0.303 e. The summed E-state index contributed by atoms with van der Waals surface area (Å²) < 4.78 is 0. The van der Waals surface area contributed by atoms with Gasteiger partial charge < -0.3 is 10.2 Å². The predicted molar refractivity (Wildman–Crippen MR) is 100 cm³/mol. The Morgan fingerprint density at radius 3 is 2.72 bits per heavy atom. The molecule has 1 unspecified atom stereocenters. The molecule has 25 heavy (non-hydrogen) atoms. The number of aliphatic carboxylic acids is 1. The van der Waals surface area contributed by atoms with Gasteiger partial charge >= 0.3 is 5.97 Å². The summed E-state index contributed by atoms with van der Waals surface area (Å²) in [6.45, 7) is 3.99. The normalized spacial score (nSPS) is 23.6. The summed E-state index contributed by atoms with van der Waals surface area (Å²) in [5.74, 6) is -0.266. The number of carboxylic acids is 1. The topological polar surface area (TPSA) is 74.6 Å². The van der Waals surface area contributed by atoms with Crippen LogP contribution in [0.15, 0.2) is 24.3 Å². The molecular weight excluding hydrogens is 316 g/mol. The lowest BCUT2D eigenvalue weighted by molar-refractivity contribution is -0.137. The average Bonchev–Trinajstić information content (AvgIpc) is 2.89. The molecule has 0 amide bonds. The lowest BCUT2D eigenvalue weighted by Gasteiger charge is -2.20. The zero-order valence-corrected chi connectivity index (χ0v) is 15.7. The number of rotatable bonds is 12. The van der Waals surface area contributed by atoms with Crippen molar-refractivity contribution in [1.29, 1.82) is 0 Å². The molecule has 0 aliphatic heterocycles. The van der Waals surface area contributed by atoms with Gasteiger partial charge in [-0.3, -0.25) is 9.59 Å². The summed E-state index contributed by atoms with van der Waals surface area (Å²) in [4.78, 5) is 22.6. The van der Waals surface area contributed by atoms with E-state index in [1.165, 1.54) is 0 Å². The number of unbranched alkanes of at least 4 members (excludes halogenated alkanes) is 3. The Balaban J connectivity index is 2.47. The standard InChI is InChI=1S/C21H34O4/c1-3-4-9-15-21(2,25)16-14-17-12-13-19(22)18(17)10-7-5-6-8-11-20(23)24/h5,7,14,16-18,25H,3-4,6,8-13,15H2,1-2H3,(H,23,24)/b7-5-,16-14?/t17-,18-,21?/m0/s1. The molecule has 1 rings (SSSR count). The summed E-state index contributed by atoms with van der Waals surface area (Å²) in [5, 5.41) is 19.0. The molecule has 1 aliphatic carbocycles. The average molecular weight is 350 g/mol. The van der Waals surface area contributed by atoms with E-state index in [4.69, 9.17) is 5.11 Å². The molecule has 1 fully saturated rings. The Bertz CT molecular complexity index is 476. The molecule has 0 saturated heterocycles. The lowest BCUT2D eigenvalue weighted by Crippen LogP contribution is -2.21. The maximum absolute atomic E-state index is 12.1. The quantitative estimate of drug-likeness (QED) is 0.396. The largest absolute Gasteiger partial charge is 0.481 e. The molecule has 2 N–H and O–H groups in total. The van der Waals surface area contributed by atoms with Gasteiger partial charge in [0.05, 0.1) is 5.60 Å². The molecule has 0 aromatic carbocycles. The van der Waals surface area contributed by atoms with E-state index in [2.05, 4.69) is 6.92 Å². The zero-order chi connectivity index (χ0) is 18.7. The number of carbonyl (C=O) groups is 2. The third-order valence-electron chi connectivity index (χ3n) is 4.96. The lowest BCUT2D eigenvalue weighted by atomic mass is 9.89. The predicted octanol–water partition coefficient (Wildman–Crippen LogP) is 4.67. The molecule has 0 aromatic rings. The Kier molecular flexibility index (Phi) is 9.73. The number of allylic oxidation sites excluding steroid dienone is 3. The fraction of sp³-hybridized carbons (Fsp3) is 0.714. The monoisotopic (exact) mass is 350 g/mol. The van der Waals surface area contributed by atoms with Crippen LogP contribution >= 0.6 is 0 Å². The summed E-state index contributed by atoms with van der Waals surface area (Å²) in [6, 6.07) is 0. The van der Waals surface area contributed by atoms with E-state index in [0.717, 1.165) is 38.5 Å². The second kappa shape index (κ2) is 11.2. The highest BCUT2D eigenvalue weighted by molar-refractivity contribution is 5.83. The molecule has 4 nitrogen and oxygen atoms in total. The maximum Gasteiger partial charge on any atom is 0.303 e. The number of carbonyl (C=O) groups excluding carboxylic acids is 1. The van der Waals surface area contributed by atoms with E-state index in [1.807, 2.05) is 31.2 Å². The first-order chi connectivity index (χ1) is 11.9. The van der Waals surface area contributed by atoms with Gasteiger partial charge in [-0.25, -0.2) is 0 Å². The van der Waals surface area contributed by atoms with E-state index in [1.54, 1.807) is 0 Å². The van der Waals surface area contributed by atoms with E-state index in [9.17, 15) is 14.7 Å². The van der Waals surface area contributed by atoms with Crippen LogP contribution in [0.25, 0.3) is 0 Å². The van der Waals surface area contributed by atoms with Crippen molar-refractivity contribution < 1.29 is 19.8 Å². The number of ketones is 1. The van der Waals surface area contributed by atoms with Gasteiger partial charge in [-0.2, -0.15) is 0 Å². The van der Waals surface area contributed by atoms with Gasteiger partial charge in [-0.1, -0.05) is 50.5 Å². The minimum absolute atomic E-state index is 0.00147. The van der Waals surface area contributed by atoms with Gasteiger partial charge in [-0.05, 0) is 44.9 Å². The summed E-state index contributed by atoms with van der Waals surface area (Å²) in [7, 11) is 0. The first-order valence-electron chi connectivity index (χ1n) is 9.67. The highest BCUT2D eigenvalue weighted by atomic mass is 16.4. The molecule has 0 heterocycles. The van der Waals surface area contributed by atoms with Crippen LogP contribution in [0.4, 0.5) is 0 Å². The van der Waals surface area contributed by atoms with Crippen LogP contribution in [0.3, 0.4) is 0 Å². The molecular formula is C21H34O4. The maximum atomic E-state index is 12.1. The first kappa shape index (κ1) is 21.6. The van der Waals surface area contributed by atoms with Crippen molar-refractivity contribution in [3.8, 4) is 0 Å². The van der Waals surface area contributed by atoms with Gasteiger partial charge in [0.15, 0.2) is 0 Å². The third kappa shape index (κ3) is 9.01. The van der Waals surface area contributed by atoms with Gasteiger partial charge in [0.25, 0.3) is 0 Å². The number of aliphatic hydroxyl groups is 1. The van der Waals surface area contributed by atoms with E-state index >= 15 is 0 Å². The minimum atomic E-state index is -0.794. The fourth-order valence-corrected chi connectivity index (χ4v) is 3.35. The molecule has 142 valence electrons. The van der Waals surface area contributed by atoms with Crippen molar-refractivity contribution >= 4 is 11.8 Å². The molecule has 0 bridgehead atoms. The second-order valence-corrected chi connectivity index (χ2v) is 7.44. The molecule has 3 atom stereocenters. The van der Waals surface area contributed by atoms with Crippen LogP contribution in [0, 0.1) is 11.8 Å². The first-order valence-corrected chi connectivity index (χ1v) is 9.67. The van der Waals surface area contributed by atoms with Crippen LogP contribution in [-0.2, 0) is 9.59 Å². The Morgan fingerprint density at radius 1 is 1.28 bits per heavy atom. The molecule has 4 heteroatoms.